The summed E-state index contributed by atoms with van der Waals surface area (Å²) < 4.78 is 12.4. The molecule has 0 amide bonds. The number of hydrogen-bond acceptors (Lipinski definition) is 1. The van der Waals surface area contributed by atoms with E-state index in [0.717, 1.165) is 5.92 Å². The van der Waals surface area contributed by atoms with Crippen molar-refractivity contribution in [2.24, 2.45) is 5.92 Å². The molecule has 1 aromatic carbocycles. The monoisotopic (exact) mass is 201 g/mol. The fourth-order valence-corrected chi connectivity index (χ4v) is 0.827. The molecule has 1 saturated carbocycles. The topological polar surface area (TPSA) is 26.0 Å². The largest absolute Gasteiger partial charge is 0.396 e. The molecule has 0 aromatic heterocycles. The summed E-state index contributed by atoms with van der Waals surface area (Å²) in [6, 6.07) is 4.15. The van der Waals surface area contributed by atoms with Crippen LogP contribution in [0.2, 0.25) is 5.02 Å². The number of hydrogen-bond donors (Lipinski definition) is 1. The first-order valence-electron chi connectivity index (χ1n) is 4.30. The summed E-state index contributed by atoms with van der Waals surface area (Å²) in [5.74, 6) is 0.613. The summed E-state index contributed by atoms with van der Waals surface area (Å²) >= 11 is 5.42. The molecule has 0 spiro atoms. The zero-order chi connectivity index (χ0) is 9.84. The Balaban J connectivity index is 0.000000175. The molecule has 2 N–H and O–H groups in total. The Morgan fingerprint density at radius 2 is 2.00 bits per heavy atom. The van der Waals surface area contributed by atoms with Gasteiger partial charge in [0.1, 0.15) is 5.82 Å². The second-order valence-electron chi connectivity index (χ2n) is 3.35. The Bertz CT molecular complexity index is 284. The van der Waals surface area contributed by atoms with Gasteiger partial charge in [0, 0.05) is 5.02 Å². The molecule has 2 rings (SSSR count). The Labute approximate surface area is 82.7 Å². The van der Waals surface area contributed by atoms with Crippen molar-refractivity contribution in [1.29, 1.82) is 0 Å². The van der Waals surface area contributed by atoms with Crippen LogP contribution < -0.4 is 5.73 Å². The molecule has 3 heteroatoms. The first kappa shape index (κ1) is 10.3. The fraction of sp³-hybridized carbons (Fsp3) is 0.400. The number of nitrogen functional groups attached to an aromatic ring is 1. The molecule has 1 aliphatic rings. The van der Waals surface area contributed by atoms with Crippen molar-refractivity contribution >= 4 is 17.3 Å². The van der Waals surface area contributed by atoms with Crippen LogP contribution in [-0.2, 0) is 0 Å². The van der Waals surface area contributed by atoms with Crippen molar-refractivity contribution in [3.63, 3.8) is 0 Å². The molecule has 1 aliphatic carbocycles. The van der Waals surface area contributed by atoms with E-state index in [4.69, 9.17) is 17.3 Å². The molecule has 0 aliphatic heterocycles. The predicted octanol–water partition coefficient (Wildman–Crippen LogP) is 3.48. The van der Waals surface area contributed by atoms with Crippen molar-refractivity contribution < 1.29 is 4.39 Å². The van der Waals surface area contributed by atoms with Crippen LogP contribution in [0.4, 0.5) is 10.1 Å². The van der Waals surface area contributed by atoms with Crippen LogP contribution in [0.25, 0.3) is 0 Å². The molecule has 0 heterocycles. The highest BCUT2D eigenvalue weighted by Gasteiger charge is 2.12. The Morgan fingerprint density at radius 3 is 2.31 bits per heavy atom. The van der Waals surface area contributed by atoms with Gasteiger partial charge in [-0.15, -0.1) is 0 Å². The first-order chi connectivity index (χ1) is 6.09. The third kappa shape index (κ3) is 4.13. The Kier molecular flexibility index (Phi) is 3.55. The molecule has 0 bridgehead atoms. The zero-order valence-electron chi connectivity index (χ0n) is 7.56. The Morgan fingerprint density at radius 1 is 1.46 bits per heavy atom. The lowest BCUT2D eigenvalue weighted by Gasteiger charge is -1.93. The van der Waals surface area contributed by atoms with E-state index < -0.39 is 5.82 Å². The van der Waals surface area contributed by atoms with E-state index >= 15 is 0 Å². The van der Waals surface area contributed by atoms with Crippen LogP contribution in [-0.4, -0.2) is 0 Å². The van der Waals surface area contributed by atoms with Crippen molar-refractivity contribution in [2.75, 3.05) is 5.73 Å². The van der Waals surface area contributed by atoms with Crippen molar-refractivity contribution in [3.05, 3.63) is 29.0 Å². The quantitative estimate of drug-likeness (QED) is 0.639. The van der Waals surface area contributed by atoms with Gasteiger partial charge in [0.25, 0.3) is 0 Å². The normalized spacial score (nSPS) is 14.7. The minimum Gasteiger partial charge on any atom is -0.396 e. The van der Waals surface area contributed by atoms with Gasteiger partial charge >= 0.3 is 0 Å². The highest BCUT2D eigenvalue weighted by atomic mass is 35.5. The van der Waals surface area contributed by atoms with Crippen LogP contribution in [0.1, 0.15) is 19.8 Å². The lowest BCUT2D eigenvalue weighted by Crippen LogP contribution is -1.88. The smallest absolute Gasteiger partial charge is 0.147 e. The minimum atomic E-state index is -0.470. The lowest BCUT2D eigenvalue weighted by molar-refractivity contribution is 0.632. The fourth-order valence-electron chi connectivity index (χ4n) is 0.668. The van der Waals surface area contributed by atoms with Crippen molar-refractivity contribution in [2.45, 2.75) is 19.8 Å². The highest BCUT2D eigenvalue weighted by Crippen LogP contribution is 2.26. The van der Waals surface area contributed by atoms with E-state index in [1.165, 1.54) is 25.0 Å². The Hall–Kier alpha value is -0.760. The van der Waals surface area contributed by atoms with Crippen LogP contribution in [0.15, 0.2) is 18.2 Å². The number of anilines is 1. The first-order valence-corrected chi connectivity index (χ1v) is 4.68. The van der Waals surface area contributed by atoms with E-state index in [2.05, 4.69) is 6.92 Å². The summed E-state index contributed by atoms with van der Waals surface area (Å²) in [6.07, 6.45) is 2.97. The minimum absolute atomic E-state index is 0.124. The third-order valence-electron chi connectivity index (χ3n) is 1.83. The van der Waals surface area contributed by atoms with Gasteiger partial charge in [-0.25, -0.2) is 4.39 Å². The summed E-state index contributed by atoms with van der Waals surface area (Å²) in [7, 11) is 0. The van der Waals surface area contributed by atoms with E-state index in [0.29, 0.717) is 5.02 Å². The zero-order valence-corrected chi connectivity index (χ0v) is 8.31. The maximum absolute atomic E-state index is 12.4. The van der Waals surface area contributed by atoms with Gasteiger partial charge < -0.3 is 5.73 Å². The molecule has 0 radical (unpaired) electrons. The van der Waals surface area contributed by atoms with E-state index in [1.807, 2.05) is 0 Å². The maximum atomic E-state index is 12.4. The number of nitrogens with two attached hydrogens (primary N) is 1. The molecule has 1 aromatic rings. The third-order valence-corrected chi connectivity index (χ3v) is 2.06. The summed E-state index contributed by atoms with van der Waals surface area (Å²) in [4.78, 5) is 0. The standard InChI is InChI=1S/C6H5ClFN.C4H8/c7-4-1-2-6(9)5(8)3-4;1-4-2-3-4/h1-3H,9H2;4H,2-3H2,1H3. The molecule has 0 unspecified atom stereocenters. The number of halogens is 2. The van der Waals surface area contributed by atoms with Crippen LogP contribution in [0.3, 0.4) is 0 Å². The highest BCUT2D eigenvalue weighted by molar-refractivity contribution is 6.30. The van der Waals surface area contributed by atoms with Gasteiger partial charge in [-0.2, -0.15) is 0 Å². The SMILES string of the molecule is CC1CC1.Nc1ccc(Cl)cc1F. The molecular weight excluding hydrogens is 189 g/mol. The van der Waals surface area contributed by atoms with E-state index in [-0.39, 0.29) is 5.69 Å². The molecule has 1 fully saturated rings. The van der Waals surface area contributed by atoms with Crippen LogP contribution in [0, 0.1) is 11.7 Å². The van der Waals surface area contributed by atoms with Crippen LogP contribution in [0.5, 0.6) is 0 Å². The van der Waals surface area contributed by atoms with Crippen LogP contribution >= 0.6 is 11.6 Å². The second kappa shape index (κ2) is 4.47. The molecule has 72 valence electrons. The molecule has 0 saturated heterocycles. The summed E-state index contributed by atoms with van der Waals surface area (Å²) in [5, 5.41) is 0.363. The van der Waals surface area contributed by atoms with Gasteiger partial charge in [-0.3, -0.25) is 0 Å². The molecule has 13 heavy (non-hydrogen) atoms. The molecule has 1 nitrogen and oxygen atoms in total. The average molecular weight is 202 g/mol. The summed E-state index contributed by atoms with van der Waals surface area (Å²) in [6.45, 7) is 2.28. The predicted molar refractivity (Wildman–Crippen MR) is 54.2 cm³/mol. The van der Waals surface area contributed by atoms with E-state index in [9.17, 15) is 4.39 Å². The average Bonchev–Trinajstić information content (AvgIpc) is 2.82. The van der Waals surface area contributed by atoms with Crippen molar-refractivity contribution in [1.82, 2.24) is 0 Å². The lowest BCUT2D eigenvalue weighted by atomic mass is 10.3. The number of benzene rings is 1. The van der Waals surface area contributed by atoms with Gasteiger partial charge in [0.05, 0.1) is 5.69 Å². The van der Waals surface area contributed by atoms with Gasteiger partial charge in [0.15, 0.2) is 0 Å². The van der Waals surface area contributed by atoms with Gasteiger partial charge in [-0.05, 0) is 24.1 Å². The number of rotatable bonds is 0. The second-order valence-corrected chi connectivity index (χ2v) is 3.78. The maximum Gasteiger partial charge on any atom is 0.147 e. The summed E-state index contributed by atoms with van der Waals surface area (Å²) in [5.41, 5.74) is 5.28. The molecular formula is C10H13ClFN. The molecule has 0 atom stereocenters. The van der Waals surface area contributed by atoms with Gasteiger partial charge in [-0.1, -0.05) is 31.4 Å². The van der Waals surface area contributed by atoms with Gasteiger partial charge in [0.2, 0.25) is 0 Å². The van der Waals surface area contributed by atoms with Crippen molar-refractivity contribution in [3.8, 4) is 0 Å². The van der Waals surface area contributed by atoms with E-state index in [1.54, 1.807) is 6.07 Å².